The van der Waals surface area contributed by atoms with Crippen LogP contribution in [0.5, 0.6) is 23.0 Å². The lowest BCUT2D eigenvalue weighted by Crippen LogP contribution is -2.59. The Morgan fingerprint density at radius 2 is 0.650 bits per heavy atom. The molecule has 0 N–H and O–H groups in total. The summed E-state index contributed by atoms with van der Waals surface area (Å²) in [5, 5.41) is 0. The summed E-state index contributed by atoms with van der Waals surface area (Å²) in [4.78, 5) is 0. The molecule has 40 heavy (non-hydrogen) atoms. The Morgan fingerprint density at radius 1 is 0.300 bits per heavy atom. The molecule has 0 aliphatic carbocycles. The first-order valence-electron chi connectivity index (χ1n) is 13.8. The van der Waals surface area contributed by atoms with Crippen LogP contribution >= 0.6 is 0 Å². The van der Waals surface area contributed by atoms with E-state index in [1.165, 1.54) is 55.0 Å². The second kappa shape index (κ2) is 8.27. The zero-order valence-electron chi connectivity index (χ0n) is 21.7. The summed E-state index contributed by atoms with van der Waals surface area (Å²) >= 11 is 0. The minimum Gasteiger partial charge on any atom is -0.458 e. The van der Waals surface area contributed by atoms with Crippen LogP contribution < -0.4 is 42.3 Å². The molecular weight excluding hydrogens is 486 g/mol. The molecule has 0 aromatic heterocycles. The van der Waals surface area contributed by atoms with Gasteiger partial charge < -0.3 is 9.47 Å². The molecule has 9 rings (SSSR count). The molecule has 0 atom stereocenters. The summed E-state index contributed by atoms with van der Waals surface area (Å²) in [5.41, 5.74) is 12.3. The van der Waals surface area contributed by atoms with Gasteiger partial charge in [-0.2, -0.15) is 0 Å². The Hall–Kier alpha value is -4.95. The third-order valence-electron chi connectivity index (χ3n) is 8.73. The summed E-state index contributed by atoms with van der Waals surface area (Å²) in [7, 11) is 0. The van der Waals surface area contributed by atoms with Crippen molar-refractivity contribution in [2.45, 2.75) is 0 Å². The van der Waals surface area contributed by atoms with E-state index in [2.05, 4.69) is 133 Å². The molecule has 0 amide bonds. The molecule has 3 heterocycles. The van der Waals surface area contributed by atoms with Gasteiger partial charge in [-0.05, 0) is 68.4 Å². The third-order valence-corrected chi connectivity index (χ3v) is 8.73. The maximum Gasteiger partial charge on any atom is 0.252 e. The van der Waals surface area contributed by atoms with Crippen LogP contribution in [0.4, 0.5) is 0 Å². The zero-order valence-corrected chi connectivity index (χ0v) is 21.7. The van der Waals surface area contributed by atoms with Gasteiger partial charge in [0.15, 0.2) is 0 Å². The molecule has 6 aromatic rings. The van der Waals surface area contributed by atoms with E-state index < -0.39 is 0 Å². The van der Waals surface area contributed by atoms with Crippen LogP contribution in [0.1, 0.15) is 0 Å². The van der Waals surface area contributed by atoms with Crippen molar-refractivity contribution in [3.63, 3.8) is 0 Å². The van der Waals surface area contributed by atoms with E-state index in [0.29, 0.717) is 0 Å². The first-order valence-corrected chi connectivity index (χ1v) is 13.8. The SMILES string of the molecule is c1ccc2c(c1)Oc1cccc3c1B2c1ccccc1-c1cccc2c1B(c1ccccc1O2)c1ccccc1-3. The molecule has 0 saturated heterocycles. The molecule has 2 nitrogen and oxygen atoms in total. The van der Waals surface area contributed by atoms with Crippen molar-refractivity contribution in [2.24, 2.45) is 0 Å². The van der Waals surface area contributed by atoms with Crippen molar-refractivity contribution in [3.05, 3.63) is 133 Å². The normalized spacial score (nSPS) is 13.3. The quantitative estimate of drug-likeness (QED) is 0.280. The second-order valence-electron chi connectivity index (χ2n) is 10.8. The van der Waals surface area contributed by atoms with E-state index in [1.54, 1.807) is 0 Å². The summed E-state index contributed by atoms with van der Waals surface area (Å²) in [6.45, 7) is 0.0363. The molecular formula is C36H22B2O2. The fourth-order valence-corrected chi connectivity index (χ4v) is 7.14. The topological polar surface area (TPSA) is 18.5 Å². The largest absolute Gasteiger partial charge is 0.458 e. The molecule has 0 spiro atoms. The van der Waals surface area contributed by atoms with Crippen LogP contribution in [-0.4, -0.2) is 13.4 Å². The molecule has 6 aromatic carbocycles. The predicted molar refractivity (Wildman–Crippen MR) is 166 cm³/mol. The maximum atomic E-state index is 6.61. The second-order valence-corrected chi connectivity index (χ2v) is 10.8. The van der Waals surface area contributed by atoms with E-state index in [0.717, 1.165) is 23.0 Å². The van der Waals surface area contributed by atoms with Gasteiger partial charge in [0, 0.05) is 0 Å². The lowest BCUT2D eigenvalue weighted by atomic mass is 9.31. The van der Waals surface area contributed by atoms with Gasteiger partial charge in [0.1, 0.15) is 23.0 Å². The Balaban J connectivity index is 1.49. The highest BCUT2D eigenvalue weighted by Crippen LogP contribution is 2.34. The molecule has 0 saturated carbocycles. The predicted octanol–water partition coefficient (Wildman–Crippen LogP) is 4.58. The highest BCUT2D eigenvalue weighted by atomic mass is 16.5. The monoisotopic (exact) mass is 508 g/mol. The summed E-state index contributed by atoms with van der Waals surface area (Å²) in [5.74, 6) is 3.69. The minimum atomic E-state index is 0.0182. The van der Waals surface area contributed by atoms with Gasteiger partial charge in [-0.1, -0.05) is 120 Å². The number of hydrogen-bond donors (Lipinski definition) is 0. The Bertz CT molecular complexity index is 1850. The summed E-state index contributed by atoms with van der Waals surface area (Å²) < 4.78 is 13.2. The number of hydrogen-bond acceptors (Lipinski definition) is 2. The average molecular weight is 508 g/mol. The van der Waals surface area contributed by atoms with Crippen molar-refractivity contribution < 1.29 is 9.47 Å². The number of ether oxygens (including phenoxy) is 2. The van der Waals surface area contributed by atoms with Crippen LogP contribution in [-0.2, 0) is 0 Å². The van der Waals surface area contributed by atoms with E-state index in [9.17, 15) is 0 Å². The van der Waals surface area contributed by atoms with Gasteiger partial charge in [0.05, 0.1) is 0 Å². The van der Waals surface area contributed by atoms with Gasteiger partial charge in [-0.25, -0.2) is 0 Å². The van der Waals surface area contributed by atoms with E-state index in [4.69, 9.17) is 9.47 Å². The first-order chi connectivity index (χ1) is 19.9. The van der Waals surface area contributed by atoms with Crippen LogP contribution in [0.3, 0.4) is 0 Å². The van der Waals surface area contributed by atoms with Crippen LogP contribution in [0.2, 0.25) is 0 Å². The standard InChI is InChI=1S/C36H22B2O2/c1-3-15-27-23(11-1)25-13-9-21-33-35(25)38(30-18-6-8-20-32(30)39-33)28-16-4-2-12-24(28)26-14-10-22-34-36(26)37(27)29-17-5-7-19-31(29)40-34/h1-22H. The third kappa shape index (κ3) is 2.96. The van der Waals surface area contributed by atoms with Gasteiger partial charge in [-0.3, -0.25) is 0 Å². The van der Waals surface area contributed by atoms with Crippen LogP contribution in [0.25, 0.3) is 22.3 Å². The van der Waals surface area contributed by atoms with Crippen LogP contribution in [0.15, 0.2) is 133 Å². The number of para-hydroxylation sites is 2. The zero-order chi connectivity index (χ0) is 26.2. The average Bonchev–Trinajstić information content (AvgIpc) is 3.02. The van der Waals surface area contributed by atoms with Crippen molar-refractivity contribution in [1.82, 2.24) is 0 Å². The Labute approximate surface area is 234 Å². The van der Waals surface area contributed by atoms with Gasteiger partial charge in [-0.15, -0.1) is 0 Å². The lowest BCUT2D eigenvalue weighted by Gasteiger charge is -2.34. The highest BCUT2D eigenvalue weighted by Gasteiger charge is 2.41. The smallest absolute Gasteiger partial charge is 0.252 e. The van der Waals surface area contributed by atoms with Gasteiger partial charge in [0.25, 0.3) is 13.4 Å². The van der Waals surface area contributed by atoms with E-state index >= 15 is 0 Å². The van der Waals surface area contributed by atoms with Gasteiger partial charge >= 0.3 is 0 Å². The van der Waals surface area contributed by atoms with Crippen LogP contribution in [0, 0.1) is 0 Å². The molecule has 184 valence electrons. The number of fused-ring (bicyclic) bond motifs is 10. The van der Waals surface area contributed by atoms with Gasteiger partial charge in [0.2, 0.25) is 0 Å². The molecule has 3 aliphatic rings. The molecule has 0 fully saturated rings. The Kier molecular flexibility index (Phi) is 4.53. The summed E-state index contributed by atoms with van der Waals surface area (Å²) in [6.07, 6.45) is 0. The summed E-state index contributed by atoms with van der Waals surface area (Å²) in [6, 6.07) is 47.8. The van der Waals surface area contributed by atoms with Crippen molar-refractivity contribution in [1.29, 1.82) is 0 Å². The maximum absolute atomic E-state index is 6.61. The fourth-order valence-electron chi connectivity index (χ4n) is 7.14. The van der Waals surface area contributed by atoms with Crippen molar-refractivity contribution in [2.75, 3.05) is 0 Å². The van der Waals surface area contributed by atoms with E-state index in [1.807, 2.05) is 0 Å². The number of benzene rings is 6. The molecule has 3 aliphatic heterocycles. The van der Waals surface area contributed by atoms with Crippen molar-refractivity contribution in [3.8, 4) is 45.3 Å². The highest BCUT2D eigenvalue weighted by molar-refractivity contribution is 7.01. The molecule has 0 unspecified atom stereocenters. The number of rotatable bonds is 0. The first kappa shape index (κ1) is 21.9. The molecule has 4 heteroatoms. The van der Waals surface area contributed by atoms with Crippen molar-refractivity contribution >= 4 is 46.2 Å². The molecule has 0 bridgehead atoms. The molecule has 0 radical (unpaired) electrons. The lowest BCUT2D eigenvalue weighted by molar-refractivity contribution is 0.487. The van der Waals surface area contributed by atoms with E-state index in [-0.39, 0.29) is 13.4 Å². The fraction of sp³-hybridized carbons (Fsp3) is 0. The minimum absolute atomic E-state index is 0.0182. The Morgan fingerprint density at radius 3 is 1.12 bits per heavy atom.